The van der Waals surface area contributed by atoms with E-state index in [-0.39, 0.29) is 11.1 Å². The Balaban J connectivity index is 2.11. The van der Waals surface area contributed by atoms with Crippen molar-refractivity contribution in [3.8, 4) is 5.75 Å². The number of rotatable bonds is 6. The molecule has 8 heteroatoms. The minimum atomic E-state index is -1.15. The highest BCUT2D eigenvalue weighted by atomic mass is 16.4. The summed E-state index contributed by atoms with van der Waals surface area (Å²) < 4.78 is 0. The lowest BCUT2D eigenvalue weighted by molar-refractivity contribution is -0.135. The average Bonchev–Trinajstić information content (AvgIpc) is 2.57. The number of hydrogen-bond donors (Lipinski definition) is 4. The van der Waals surface area contributed by atoms with E-state index in [2.05, 4.69) is 10.3 Å². The molecule has 4 N–H and O–H groups in total. The number of allylic oxidation sites excluding steroid dienone is 1. The molecule has 1 aromatic carbocycles. The monoisotopic (exact) mass is 356 g/mol. The van der Waals surface area contributed by atoms with Crippen molar-refractivity contribution in [2.45, 2.75) is 6.92 Å². The van der Waals surface area contributed by atoms with Gasteiger partial charge in [-0.05, 0) is 36.8 Å². The van der Waals surface area contributed by atoms with E-state index in [9.17, 15) is 24.3 Å². The van der Waals surface area contributed by atoms with Crippen LogP contribution in [-0.2, 0) is 4.79 Å². The van der Waals surface area contributed by atoms with Crippen molar-refractivity contribution in [1.82, 2.24) is 10.3 Å². The lowest BCUT2D eigenvalue weighted by Crippen LogP contribution is -2.29. The molecule has 2 rings (SSSR count). The molecule has 0 radical (unpaired) electrons. The number of aromatic hydroxyl groups is 1. The summed E-state index contributed by atoms with van der Waals surface area (Å²) in [6, 6.07) is 7.33. The summed E-state index contributed by atoms with van der Waals surface area (Å²) in [5.74, 6) is -2.74. The second-order valence-electron chi connectivity index (χ2n) is 5.44. The van der Waals surface area contributed by atoms with Crippen LogP contribution in [0.2, 0.25) is 0 Å². The number of aliphatic carboxylic acids is 1. The Kier molecular flexibility index (Phi) is 5.69. The van der Waals surface area contributed by atoms with Gasteiger partial charge in [-0.3, -0.25) is 19.2 Å². The SMILES string of the molecule is Cc1cc(O)c(C(=O)C=Cc2ccc(C(=O)NCC(=O)O)cc2)c(=O)[nH]1. The summed E-state index contributed by atoms with van der Waals surface area (Å²) in [7, 11) is 0. The third kappa shape index (κ3) is 4.67. The van der Waals surface area contributed by atoms with Crippen molar-refractivity contribution >= 4 is 23.7 Å². The summed E-state index contributed by atoms with van der Waals surface area (Å²) in [5.41, 5.74) is 0.252. The molecule has 134 valence electrons. The maximum absolute atomic E-state index is 12.1. The van der Waals surface area contributed by atoms with Crippen molar-refractivity contribution in [3.63, 3.8) is 0 Å². The Bertz CT molecular complexity index is 941. The Morgan fingerprint density at radius 1 is 1.19 bits per heavy atom. The number of aromatic nitrogens is 1. The quantitative estimate of drug-likeness (QED) is 0.452. The molecule has 1 heterocycles. The molecule has 0 fully saturated rings. The number of carboxylic acids is 1. The molecule has 0 aliphatic rings. The predicted octanol–water partition coefficient (Wildman–Crippen LogP) is 1.10. The lowest BCUT2D eigenvalue weighted by Gasteiger charge is -2.03. The number of aromatic amines is 1. The number of carbonyl (C=O) groups excluding carboxylic acids is 2. The van der Waals surface area contributed by atoms with Crippen LogP contribution in [0.4, 0.5) is 0 Å². The van der Waals surface area contributed by atoms with Gasteiger partial charge in [-0.15, -0.1) is 0 Å². The first kappa shape index (κ1) is 18.7. The van der Waals surface area contributed by atoms with Crippen molar-refractivity contribution < 1.29 is 24.6 Å². The maximum Gasteiger partial charge on any atom is 0.322 e. The molecule has 2 aromatic rings. The van der Waals surface area contributed by atoms with Gasteiger partial charge in [0.25, 0.3) is 11.5 Å². The number of H-pyrrole nitrogens is 1. The number of hydrogen-bond acceptors (Lipinski definition) is 5. The molecule has 1 aromatic heterocycles. The molecular weight excluding hydrogens is 340 g/mol. The van der Waals surface area contributed by atoms with Gasteiger partial charge in [0.2, 0.25) is 0 Å². The van der Waals surface area contributed by atoms with Crippen LogP contribution in [0.15, 0.2) is 41.2 Å². The summed E-state index contributed by atoms with van der Waals surface area (Å²) in [4.78, 5) is 48.5. The predicted molar refractivity (Wildman–Crippen MR) is 93.2 cm³/mol. The fourth-order valence-corrected chi connectivity index (χ4v) is 2.17. The Labute approximate surface area is 147 Å². The Morgan fingerprint density at radius 3 is 2.42 bits per heavy atom. The van der Waals surface area contributed by atoms with Gasteiger partial charge < -0.3 is 20.5 Å². The van der Waals surface area contributed by atoms with Gasteiger partial charge in [-0.1, -0.05) is 18.2 Å². The molecule has 0 bridgehead atoms. The molecule has 8 nitrogen and oxygen atoms in total. The van der Waals surface area contributed by atoms with Crippen LogP contribution in [-0.4, -0.2) is 39.4 Å². The van der Waals surface area contributed by atoms with Crippen LogP contribution < -0.4 is 10.9 Å². The number of carbonyl (C=O) groups is 3. The van der Waals surface area contributed by atoms with E-state index in [0.29, 0.717) is 11.3 Å². The van der Waals surface area contributed by atoms with E-state index >= 15 is 0 Å². The minimum Gasteiger partial charge on any atom is -0.507 e. The minimum absolute atomic E-state index is 0.266. The normalized spacial score (nSPS) is 10.7. The molecule has 0 saturated carbocycles. The standard InChI is InChI=1S/C18H16N2O6/c1-10-8-14(22)16(18(26)20-10)13(21)7-4-11-2-5-12(6-3-11)17(25)19-9-15(23)24/h2-8H,9H2,1H3,(H,19,25)(H,23,24)(H2,20,22,26). The van der Waals surface area contributed by atoms with Gasteiger partial charge >= 0.3 is 5.97 Å². The number of benzene rings is 1. The molecule has 0 spiro atoms. The van der Waals surface area contributed by atoms with E-state index < -0.39 is 35.5 Å². The fraction of sp³-hybridized carbons (Fsp3) is 0.111. The smallest absolute Gasteiger partial charge is 0.322 e. The average molecular weight is 356 g/mol. The largest absolute Gasteiger partial charge is 0.507 e. The van der Waals surface area contributed by atoms with Gasteiger partial charge in [-0.25, -0.2) is 0 Å². The summed E-state index contributed by atoms with van der Waals surface area (Å²) in [6.07, 6.45) is 2.57. The first-order valence-corrected chi connectivity index (χ1v) is 7.53. The summed E-state index contributed by atoms with van der Waals surface area (Å²) >= 11 is 0. The van der Waals surface area contributed by atoms with Gasteiger partial charge in [0.1, 0.15) is 17.9 Å². The third-order valence-electron chi connectivity index (χ3n) is 3.39. The van der Waals surface area contributed by atoms with Crippen molar-refractivity contribution in [2.75, 3.05) is 6.54 Å². The molecule has 0 atom stereocenters. The third-order valence-corrected chi connectivity index (χ3v) is 3.39. The highest BCUT2D eigenvalue weighted by molar-refractivity contribution is 6.08. The van der Waals surface area contributed by atoms with Gasteiger partial charge in [0.15, 0.2) is 5.78 Å². The summed E-state index contributed by atoms with van der Waals surface area (Å²) in [5, 5.41) is 20.5. The van der Waals surface area contributed by atoms with E-state index in [1.54, 1.807) is 19.1 Å². The maximum atomic E-state index is 12.1. The van der Waals surface area contributed by atoms with Crippen molar-refractivity contribution in [1.29, 1.82) is 0 Å². The van der Waals surface area contributed by atoms with E-state index in [0.717, 1.165) is 6.08 Å². The molecule has 0 saturated heterocycles. The zero-order chi connectivity index (χ0) is 19.3. The van der Waals surface area contributed by atoms with Crippen LogP contribution >= 0.6 is 0 Å². The first-order chi connectivity index (χ1) is 12.3. The van der Waals surface area contributed by atoms with E-state index in [1.807, 2.05) is 0 Å². The number of aryl methyl sites for hydroxylation is 1. The number of ketones is 1. The van der Waals surface area contributed by atoms with E-state index in [1.165, 1.54) is 24.3 Å². The van der Waals surface area contributed by atoms with Crippen LogP contribution in [0.5, 0.6) is 5.75 Å². The second kappa shape index (κ2) is 7.93. The van der Waals surface area contributed by atoms with Gasteiger partial charge in [0.05, 0.1) is 0 Å². The van der Waals surface area contributed by atoms with Crippen LogP contribution in [0.1, 0.15) is 32.0 Å². The zero-order valence-corrected chi connectivity index (χ0v) is 13.8. The number of amides is 1. The van der Waals surface area contributed by atoms with Crippen molar-refractivity contribution in [3.05, 3.63) is 69.1 Å². The number of nitrogens with one attached hydrogen (secondary N) is 2. The van der Waals surface area contributed by atoms with Crippen LogP contribution in [0, 0.1) is 6.92 Å². The zero-order valence-electron chi connectivity index (χ0n) is 13.8. The van der Waals surface area contributed by atoms with Crippen molar-refractivity contribution in [2.24, 2.45) is 0 Å². The Hall–Kier alpha value is -3.68. The molecular formula is C18H16N2O6. The molecule has 0 unspecified atom stereocenters. The Morgan fingerprint density at radius 2 is 1.85 bits per heavy atom. The molecule has 1 amide bonds. The number of pyridine rings is 1. The van der Waals surface area contributed by atoms with E-state index in [4.69, 9.17) is 5.11 Å². The lowest BCUT2D eigenvalue weighted by atomic mass is 10.1. The first-order valence-electron chi connectivity index (χ1n) is 7.53. The number of carboxylic acid groups (broad SMARTS) is 1. The molecule has 0 aliphatic carbocycles. The fourth-order valence-electron chi connectivity index (χ4n) is 2.17. The second-order valence-corrected chi connectivity index (χ2v) is 5.44. The van der Waals surface area contributed by atoms with Gasteiger partial charge in [0, 0.05) is 11.3 Å². The highest BCUT2D eigenvalue weighted by Gasteiger charge is 2.14. The molecule has 0 aliphatic heterocycles. The molecule has 26 heavy (non-hydrogen) atoms. The van der Waals surface area contributed by atoms with Gasteiger partial charge in [-0.2, -0.15) is 0 Å². The van der Waals surface area contributed by atoms with Crippen LogP contribution in [0.3, 0.4) is 0 Å². The summed E-state index contributed by atoms with van der Waals surface area (Å²) in [6.45, 7) is 1.10. The topological polar surface area (TPSA) is 137 Å². The highest BCUT2D eigenvalue weighted by Crippen LogP contribution is 2.15. The van der Waals surface area contributed by atoms with Crippen LogP contribution in [0.25, 0.3) is 6.08 Å².